The third kappa shape index (κ3) is 4.78. The van der Waals surface area contributed by atoms with Gasteiger partial charge < -0.3 is 15.5 Å². The van der Waals surface area contributed by atoms with Crippen molar-refractivity contribution >= 4 is 11.8 Å². The standard InChI is InChI=1S/C10H21N3O2/c1-5-13(7-9(14)12-4)10(15)8(2)6-11-3/h8,11H,5-7H2,1-4H3,(H,12,14). The van der Waals surface area contributed by atoms with Gasteiger partial charge in [-0.05, 0) is 14.0 Å². The van der Waals surface area contributed by atoms with Crippen LogP contribution >= 0.6 is 0 Å². The summed E-state index contributed by atoms with van der Waals surface area (Å²) in [6.45, 7) is 5.04. The Balaban J connectivity index is 4.27. The van der Waals surface area contributed by atoms with E-state index in [9.17, 15) is 9.59 Å². The molecule has 0 rings (SSSR count). The van der Waals surface area contributed by atoms with E-state index in [0.29, 0.717) is 13.1 Å². The molecule has 0 aliphatic rings. The van der Waals surface area contributed by atoms with Crippen LogP contribution in [0.3, 0.4) is 0 Å². The summed E-state index contributed by atoms with van der Waals surface area (Å²) < 4.78 is 0. The Labute approximate surface area is 91.2 Å². The van der Waals surface area contributed by atoms with Crippen molar-refractivity contribution in [2.24, 2.45) is 5.92 Å². The van der Waals surface area contributed by atoms with Crippen molar-refractivity contribution in [1.82, 2.24) is 15.5 Å². The highest BCUT2D eigenvalue weighted by atomic mass is 16.2. The summed E-state index contributed by atoms with van der Waals surface area (Å²) in [4.78, 5) is 24.5. The third-order valence-electron chi connectivity index (χ3n) is 2.24. The van der Waals surface area contributed by atoms with Crippen LogP contribution in [0.4, 0.5) is 0 Å². The first-order valence-electron chi connectivity index (χ1n) is 5.20. The van der Waals surface area contributed by atoms with Gasteiger partial charge in [0.05, 0.1) is 6.54 Å². The monoisotopic (exact) mass is 215 g/mol. The number of amides is 2. The maximum Gasteiger partial charge on any atom is 0.239 e. The Morgan fingerprint density at radius 3 is 2.33 bits per heavy atom. The fraction of sp³-hybridized carbons (Fsp3) is 0.800. The van der Waals surface area contributed by atoms with Crippen molar-refractivity contribution < 1.29 is 9.59 Å². The van der Waals surface area contributed by atoms with Crippen LogP contribution < -0.4 is 10.6 Å². The van der Waals surface area contributed by atoms with E-state index in [1.165, 1.54) is 0 Å². The Bertz CT molecular complexity index is 219. The van der Waals surface area contributed by atoms with Gasteiger partial charge in [-0.3, -0.25) is 9.59 Å². The van der Waals surface area contributed by atoms with E-state index in [0.717, 1.165) is 0 Å². The van der Waals surface area contributed by atoms with E-state index in [4.69, 9.17) is 0 Å². The van der Waals surface area contributed by atoms with Crippen molar-refractivity contribution in [3.05, 3.63) is 0 Å². The van der Waals surface area contributed by atoms with E-state index in [1.807, 2.05) is 13.8 Å². The molecule has 0 saturated heterocycles. The van der Waals surface area contributed by atoms with Gasteiger partial charge in [-0.15, -0.1) is 0 Å². The fourth-order valence-electron chi connectivity index (χ4n) is 1.30. The SMILES string of the molecule is CCN(CC(=O)NC)C(=O)C(C)CNC. The minimum absolute atomic E-state index is 0.00968. The van der Waals surface area contributed by atoms with Crippen molar-refractivity contribution in [3.63, 3.8) is 0 Å². The number of carbonyl (C=O) groups excluding carboxylic acids is 2. The van der Waals surface area contributed by atoms with E-state index in [1.54, 1.807) is 19.0 Å². The number of rotatable bonds is 6. The summed E-state index contributed by atoms with van der Waals surface area (Å²) in [5.74, 6) is -0.225. The van der Waals surface area contributed by atoms with Gasteiger partial charge >= 0.3 is 0 Å². The Kier molecular flexibility index (Phi) is 6.70. The predicted octanol–water partition coefficient (Wildman–Crippen LogP) is -0.564. The lowest BCUT2D eigenvalue weighted by Gasteiger charge is -2.23. The maximum atomic E-state index is 11.8. The molecule has 0 spiro atoms. The zero-order valence-electron chi connectivity index (χ0n) is 9.96. The summed E-state index contributed by atoms with van der Waals surface area (Å²) in [7, 11) is 3.37. The lowest BCUT2D eigenvalue weighted by atomic mass is 10.1. The summed E-state index contributed by atoms with van der Waals surface area (Å²) in [5.41, 5.74) is 0. The van der Waals surface area contributed by atoms with Crippen LogP contribution in [-0.4, -0.2) is 50.4 Å². The van der Waals surface area contributed by atoms with Crippen LogP contribution in [0.25, 0.3) is 0 Å². The molecule has 88 valence electrons. The average Bonchev–Trinajstić information content (AvgIpc) is 2.24. The molecule has 0 aromatic heterocycles. The highest BCUT2D eigenvalue weighted by Gasteiger charge is 2.20. The molecule has 1 atom stereocenters. The molecule has 1 unspecified atom stereocenters. The first kappa shape index (κ1) is 13.9. The van der Waals surface area contributed by atoms with Crippen LogP contribution in [0, 0.1) is 5.92 Å². The number of likely N-dealkylation sites (N-methyl/N-ethyl adjacent to an activating group) is 2. The molecule has 0 aromatic rings. The summed E-state index contributed by atoms with van der Waals surface area (Å²) in [6, 6.07) is 0. The van der Waals surface area contributed by atoms with Crippen LogP contribution in [-0.2, 0) is 9.59 Å². The number of nitrogens with zero attached hydrogens (tertiary/aromatic N) is 1. The summed E-state index contributed by atoms with van der Waals surface area (Å²) >= 11 is 0. The topological polar surface area (TPSA) is 61.4 Å². The van der Waals surface area contributed by atoms with Crippen LogP contribution in [0.5, 0.6) is 0 Å². The molecule has 0 aliphatic heterocycles. The highest BCUT2D eigenvalue weighted by Crippen LogP contribution is 2.01. The number of hydrogen-bond acceptors (Lipinski definition) is 3. The second kappa shape index (κ2) is 7.23. The van der Waals surface area contributed by atoms with Crippen molar-refractivity contribution in [2.45, 2.75) is 13.8 Å². The quantitative estimate of drug-likeness (QED) is 0.624. The Morgan fingerprint density at radius 2 is 1.93 bits per heavy atom. The lowest BCUT2D eigenvalue weighted by molar-refractivity contribution is -0.138. The second-order valence-electron chi connectivity index (χ2n) is 3.48. The molecule has 0 bridgehead atoms. The molecule has 0 aliphatic carbocycles. The smallest absolute Gasteiger partial charge is 0.239 e. The molecular weight excluding hydrogens is 194 g/mol. The second-order valence-corrected chi connectivity index (χ2v) is 3.48. The normalized spacial score (nSPS) is 12.0. The molecule has 2 amide bonds. The van der Waals surface area contributed by atoms with Gasteiger partial charge in [-0.25, -0.2) is 0 Å². The zero-order valence-corrected chi connectivity index (χ0v) is 9.96. The predicted molar refractivity (Wildman–Crippen MR) is 59.4 cm³/mol. The van der Waals surface area contributed by atoms with E-state index < -0.39 is 0 Å². The number of nitrogens with one attached hydrogen (secondary N) is 2. The van der Waals surface area contributed by atoms with Gasteiger partial charge in [0.2, 0.25) is 11.8 Å². The minimum Gasteiger partial charge on any atom is -0.358 e. The van der Waals surface area contributed by atoms with Crippen molar-refractivity contribution in [3.8, 4) is 0 Å². The van der Waals surface area contributed by atoms with Crippen molar-refractivity contribution in [2.75, 3.05) is 33.7 Å². The molecule has 0 radical (unpaired) electrons. The molecule has 0 saturated carbocycles. The van der Waals surface area contributed by atoms with E-state index in [2.05, 4.69) is 10.6 Å². The van der Waals surface area contributed by atoms with Gasteiger partial charge in [0.15, 0.2) is 0 Å². The largest absolute Gasteiger partial charge is 0.358 e. The molecule has 5 heteroatoms. The average molecular weight is 215 g/mol. The van der Waals surface area contributed by atoms with Crippen LogP contribution in [0.1, 0.15) is 13.8 Å². The molecule has 2 N–H and O–H groups in total. The van der Waals surface area contributed by atoms with Gasteiger partial charge in [0.1, 0.15) is 0 Å². The highest BCUT2D eigenvalue weighted by molar-refractivity contribution is 5.85. The molecule has 0 fully saturated rings. The van der Waals surface area contributed by atoms with Gasteiger partial charge in [0.25, 0.3) is 0 Å². The fourth-order valence-corrected chi connectivity index (χ4v) is 1.30. The zero-order chi connectivity index (χ0) is 11.8. The van der Waals surface area contributed by atoms with Crippen LogP contribution in [0.15, 0.2) is 0 Å². The molecule has 5 nitrogen and oxygen atoms in total. The Hall–Kier alpha value is -1.10. The minimum atomic E-state index is -0.137. The van der Waals surface area contributed by atoms with Crippen molar-refractivity contribution in [1.29, 1.82) is 0 Å². The first-order chi connectivity index (χ1) is 7.06. The van der Waals surface area contributed by atoms with Gasteiger partial charge in [-0.2, -0.15) is 0 Å². The third-order valence-corrected chi connectivity index (χ3v) is 2.24. The van der Waals surface area contributed by atoms with Crippen LogP contribution in [0.2, 0.25) is 0 Å². The van der Waals surface area contributed by atoms with Gasteiger partial charge in [-0.1, -0.05) is 6.92 Å². The summed E-state index contributed by atoms with van der Waals surface area (Å²) in [6.07, 6.45) is 0. The molecule has 0 aromatic carbocycles. The molecule has 15 heavy (non-hydrogen) atoms. The molecule has 0 heterocycles. The summed E-state index contributed by atoms with van der Waals surface area (Å²) in [5, 5.41) is 5.45. The van der Waals surface area contributed by atoms with Gasteiger partial charge in [0, 0.05) is 26.1 Å². The molecular formula is C10H21N3O2. The number of hydrogen-bond donors (Lipinski definition) is 2. The lowest BCUT2D eigenvalue weighted by Crippen LogP contribution is -2.43. The number of carbonyl (C=O) groups is 2. The Morgan fingerprint density at radius 1 is 1.33 bits per heavy atom. The van der Waals surface area contributed by atoms with E-state index in [-0.39, 0.29) is 24.3 Å². The first-order valence-corrected chi connectivity index (χ1v) is 5.20. The maximum absolute atomic E-state index is 11.8. The van der Waals surface area contributed by atoms with E-state index >= 15 is 0 Å².